The van der Waals surface area contributed by atoms with Gasteiger partial charge < -0.3 is 0 Å². The van der Waals surface area contributed by atoms with Crippen LogP contribution in [0.5, 0.6) is 0 Å². The van der Waals surface area contributed by atoms with Gasteiger partial charge in [-0.15, -0.1) is 11.3 Å². The molecule has 2 aromatic heterocycles. The van der Waals surface area contributed by atoms with Gasteiger partial charge in [0.25, 0.3) is 5.56 Å². The van der Waals surface area contributed by atoms with Gasteiger partial charge in [0.1, 0.15) is 4.83 Å². The Hall–Kier alpha value is -2.73. The van der Waals surface area contributed by atoms with Gasteiger partial charge in [-0.1, -0.05) is 36.4 Å². The lowest BCUT2D eigenvalue weighted by molar-refractivity contribution is 1.13. The molecule has 0 fully saturated rings. The number of thiophene rings is 1. The second-order valence-electron chi connectivity index (χ2n) is 5.04. The molecule has 6 heteroatoms. The summed E-state index contributed by atoms with van der Waals surface area (Å²) in [5.74, 6) is 0.341. The molecule has 0 radical (unpaired) electrons. The van der Waals surface area contributed by atoms with Crippen LogP contribution in [0.2, 0.25) is 0 Å². The molecule has 0 amide bonds. The van der Waals surface area contributed by atoms with Crippen molar-refractivity contribution in [1.82, 2.24) is 9.97 Å². The van der Waals surface area contributed by atoms with Crippen LogP contribution in [0, 0.1) is 13.8 Å². The zero-order chi connectivity index (χ0) is 16.2. The van der Waals surface area contributed by atoms with Gasteiger partial charge in [0.15, 0.2) is 0 Å². The van der Waals surface area contributed by atoms with Gasteiger partial charge in [0, 0.05) is 11.1 Å². The molecule has 5 nitrogen and oxygen atoms in total. The van der Waals surface area contributed by atoms with Crippen molar-refractivity contribution in [2.24, 2.45) is 5.10 Å². The van der Waals surface area contributed by atoms with E-state index >= 15 is 0 Å². The minimum atomic E-state index is -0.144. The lowest BCUT2D eigenvalue weighted by atomic mass is 10.2. The quantitative estimate of drug-likeness (QED) is 0.568. The van der Waals surface area contributed by atoms with E-state index in [-0.39, 0.29) is 5.56 Å². The van der Waals surface area contributed by atoms with Crippen LogP contribution in [0.15, 0.2) is 46.3 Å². The minimum absolute atomic E-state index is 0.144. The molecule has 3 rings (SSSR count). The number of fused-ring (bicyclic) bond motifs is 1. The molecule has 3 aromatic rings. The summed E-state index contributed by atoms with van der Waals surface area (Å²) in [4.78, 5) is 21.0. The summed E-state index contributed by atoms with van der Waals surface area (Å²) in [5.41, 5.74) is 4.69. The minimum Gasteiger partial charge on any atom is -0.291 e. The molecule has 0 saturated heterocycles. The van der Waals surface area contributed by atoms with E-state index in [2.05, 4.69) is 20.5 Å². The molecular formula is C17H16N4OS. The van der Waals surface area contributed by atoms with E-state index in [1.54, 1.807) is 6.21 Å². The van der Waals surface area contributed by atoms with Crippen molar-refractivity contribution >= 4 is 39.8 Å². The number of aromatic amines is 1. The van der Waals surface area contributed by atoms with Crippen LogP contribution in [0.1, 0.15) is 16.0 Å². The zero-order valence-corrected chi connectivity index (χ0v) is 13.6. The summed E-state index contributed by atoms with van der Waals surface area (Å²) in [6.07, 6.45) is 5.37. The van der Waals surface area contributed by atoms with E-state index < -0.39 is 0 Å². The highest BCUT2D eigenvalue weighted by molar-refractivity contribution is 7.18. The van der Waals surface area contributed by atoms with Crippen molar-refractivity contribution in [2.45, 2.75) is 13.8 Å². The Morgan fingerprint density at radius 1 is 1.26 bits per heavy atom. The molecule has 0 bridgehead atoms. The van der Waals surface area contributed by atoms with Crippen LogP contribution in [0.3, 0.4) is 0 Å². The van der Waals surface area contributed by atoms with Crippen molar-refractivity contribution in [3.63, 3.8) is 0 Å². The number of hydrogen-bond donors (Lipinski definition) is 2. The maximum Gasteiger partial charge on any atom is 0.261 e. The first-order valence-electron chi connectivity index (χ1n) is 7.16. The molecular weight excluding hydrogens is 308 g/mol. The topological polar surface area (TPSA) is 70.1 Å². The molecule has 0 saturated carbocycles. The number of benzene rings is 1. The van der Waals surface area contributed by atoms with Gasteiger partial charge in [0.05, 0.1) is 5.39 Å². The summed E-state index contributed by atoms with van der Waals surface area (Å²) >= 11 is 1.51. The predicted molar refractivity (Wildman–Crippen MR) is 97.3 cm³/mol. The molecule has 0 unspecified atom stereocenters. The largest absolute Gasteiger partial charge is 0.291 e. The van der Waals surface area contributed by atoms with Crippen molar-refractivity contribution in [1.29, 1.82) is 0 Å². The smallest absolute Gasteiger partial charge is 0.261 e. The van der Waals surface area contributed by atoms with E-state index in [1.165, 1.54) is 11.3 Å². The number of allylic oxidation sites excluding steroid dienone is 1. The fourth-order valence-electron chi connectivity index (χ4n) is 2.17. The highest BCUT2D eigenvalue weighted by atomic mass is 32.1. The number of anilines is 1. The van der Waals surface area contributed by atoms with Gasteiger partial charge in [-0.25, -0.2) is 10.4 Å². The highest BCUT2D eigenvalue weighted by Crippen LogP contribution is 2.26. The van der Waals surface area contributed by atoms with E-state index in [9.17, 15) is 4.79 Å². The van der Waals surface area contributed by atoms with Gasteiger partial charge in [-0.2, -0.15) is 5.10 Å². The van der Waals surface area contributed by atoms with Crippen LogP contribution in [-0.2, 0) is 0 Å². The zero-order valence-electron chi connectivity index (χ0n) is 12.8. The number of aryl methyl sites for hydroxylation is 2. The molecule has 2 N–H and O–H groups in total. The number of hydrazone groups is 1. The van der Waals surface area contributed by atoms with Crippen molar-refractivity contribution in [3.8, 4) is 0 Å². The van der Waals surface area contributed by atoms with Crippen LogP contribution < -0.4 is 11.0 Å². The number of aromatic nitrogens is 2. The first-order chi connectivity index (χ1) is 11.1. The molecule has 0 aliphatic carbocycles. The summed E-state index contributed by atoms with van der Waals surface area (Å²) < 4.78 is 0. The number of nitrogens with zero attached hydrogens (tertiary/aromatic N) is 2. The second-order valence-corrected chi connectivity index (χ2v) is 6.24. The van der Waals surface area contributed by atoms with E-state index in [0.29, 0.717) is 11.3 Å². The molecule has 0 aliphatic heterocycles. The molecule has 1 aromatic carbocycles. The Bertz CT molecular complexity index is 938. The first-order valence-corrected chi connectivity index (χ1v) is 7.97. The van der Waals surface area contributed by atoms with Crippen molar-refractivity contribution in [3.05, 3.63) is 62.8 Å². The second kappa shape index (κ2) is 6.58. The molecule has 0 spiro atoms. The SMILES string of the molecule is Cc1sc2nc(N/N=C/C=C/c3ccccc3)[nH]c(=O)c2c1C. The third kappa shape index (κ3) is 3.37. The lowest BCUT2D eigenvalue weighted by Gasteiger charge is -1.98. The number of H-pyrrole nitrogens is 1. The maximum atomic E-state index is 12.1. The monoisotopic (exact) mass is 324 g/mol. The average Bonchev–Trinajstić information content (AvgIpc) is 2.83. The Balaban J connectivity index is 1.73. The van der Waals surface area contributed by atoms with Crippen LogP contribution in [0.4, 0.5) is 5.95 Å². The summed E-state index contributed by atoms with van der Waals surface area (Å²) in [6, 6.07) is 9.94. The molecule has 0 atom stereocenters. The molecule has 0 aliphatic rings. The lowest BCUT2D eigenvalue weighted by Crippen LogP contribution is -2.10. The van der Waals surface area contributed by atoms with Crippen LogP contribution in [-0.4, -0.2) is 16.2 Å². The predicted octanol–water partition coefficient (Wildman–Crippen LogP) is 3.71. The van der Waals surface area contributed by atoms with Gasteiger partial charge in [-0.3, -0.25) is 9.78 Å². The highest BCUT2D eigenvalue weighted by Gasteiger charge is 2.11. The van der Waals surface area contributed by atoms with Crippen molar-refractivity contribution < 1.29 is 0 Å². The standard InChI is InChI=1S/C17H16N4OS/c1-11-12(2)23-16-14(11)15(22)19-17(20-16)21-18-10-6-9-13-7-4-3-5-8-13/h3-10H,1-2H3,(H2,19,20,21,22)/b9-6+,18-10+. The summed E-state index contributed by atoms with van der Waals surface area (Å²) in [6.45, 7) is 3.92. The summed E-state index contributed by atoms with van der Waals surface area (Å²) in [5, 5.41) is 4.70. The molecule has 2 heterocycles. The Morgan fingerprint density at radius 2 is 2.04 bits per heavy atom. The van der Waals surface area contributed by atoms with Crippen LogP contribution >= 0.6 is 11.3 Å². The Kier molecular flexibility index (Phi) is 4.34. The Labute approximate surface area is 137 Å². The van der Waals surface area contributed by atoms with Gasteiger partial charge in [-0.05, 0) is 31.1 Å². The number of rotatable bonds is 4. The number of nitrogens with one attached hydrogen (secondary N) is 2. The normalized spacial score (nSPS) is 11.7. The van der Waals surface area contributed by atoms with E-state index in [1.807, 2.05) is 56.3 Å². The number of hydrogen-bond acceptors (Lipinski definition) is 5. The fourth-order valence-corrected chi connectivity index (χ4v) is 3.20. The first kappa shape index (κ1) is 15.2. The summed E-state index contributed by atoms with van der Waals surface area (Å²) in [7, 11) is 0. The average molecular weight is 324 g/mol. The van der Waals surface area contributed by atoms with Gasteiger partial charge in [0.2, 0.25) is 5.95 Å². The van der Waals surface area contributed by atoms with E-state index in [0.717, 1.165) is 20.8 Å². The van der Waals surface area contributed by atoms with Gasteiger partial charge >= 0.3 is 0 Å². The van der Waals surface area contributed by atoms with Crippen molar-refractivity contribution in [2.75, 3.05) is 5.43 Å². The Morgan fingerprint density at radius 3 is 2.83 bits per heavy atom. The molecule has 23 heavy (non-hydrogen) atoms. The fraction of sp³-hybridized carbons (Fsp3) is 0.118. The molecule has 116 valence electrons. The van der Waals surface area contributed by atoms with Crippen LogP contribution in [0.25, 0.3) is 16.3 Å². The van der Waals surface area contributed by atoms with E-state index in [4.69, 9.17) is 0 Å². The third-order valence-corrected chi connectivity index (χ3v) is 4.56. The third-order valence-electron chi connectivity index (χ3n) is 3.46. The maximum absolute atomic E-state index is 12.1.